The number of hydrogen-bond donors (Lipinski definition) is 2. The lowest BCUT2D eigenvalue weighted by Gasteiger charge is -2.15. The van der Waals surface area contributed by atoms with Gasteiger partial charge in [-0.05, 0) is 40.5 Å². The monoisotopic (exact) mass is 355 g/mol. The molecule has 21 heavy (non-hydrogen) atoms. The average Bonchev–Trinajstić information content (AvgIpc) is 2.98. The van der Waals surface area contributed by atoms with Crippen LogP contribution in [0.2, 0.25) is 0 Å². The number of aromatic nitrogens is 2. The molecule has 1 aromatic heterocycles. The first kappa shape index (κ1) is 15.5. The molecule has 112 valence electrons. The van der Waals surface area contributed by atoms with Gasteiger partial charge in [0.25, 0.3) is 5.91 Å². The summed E-state index contributed by atoms with van der Waals surface area (Å²) < 4.78 is 18.8. The van der Waals surface area contributed by atoms with Crippen LogP contribution in [0, 0.1) is 5.82 Å². The van der Waals surface area contributed by atoms with Crippen molar-refractivity contribution in [2.24, 2.45) is 0 Å². The van der Waals surface area contributed by atoms with Gasteiger partial charge in [-0.1, -0.05) is 6.92 Å². The number of ether oxygens (including phenoxy) is 1. The zero-order valence-corrected chi connectivity index (χ0v) is 13.0. The zero-order valence-electron chi connectivity index (χ0n) is 11.4. The Labute approximate surface area is 130 Å². The number of carbonyl (C=O) groups is 1. The summed E-state index contributed by atoms with van der Waals surface area (Å²) in [5, 5.41) is 2.82. The van der Waals surface area contributed by atoms with Crippen molar-refractivity contribution in [1.29, 1.82) is 0 Å². The van der Waals surface area contributed by atoms with E-state index >= 15 is 0 Å². The maximum Gasteiger partial charge on any atom is 0.258 e. The highest BCUT2D eigenvalue weighted by Gasteiger charge is 2.15. The van der Waals surface area contributed by atoms with Gasteiger partial charge in [0.05, 0.1) is 10.5 Å². The first-order valence-electron chi connectivity index (χ1n) is 6.46. The van der Waals surface area contributed by atoms with Crippen LogP contribution in [0.3, 0.4) is 0 Å². The molecule has 0 saturated heterocycles. The molecule has 2 N–H and O–H groups in total. The predicted octanol–water partition coefficient (Wildman–Crippen LogP) is 2.96. The van der Waals surface area contributed by atoms with Gasteiger partial charge in [0.2, 0.25) is 0 Å². The molecule has 0 saturated carbocycles. The number of benzene rings is 1. The van der Waals surface area contributed by atoms with E-state index in [0.717, 1.165) is 0 Å². The molecule has 1 heterocycles. The number of nitrogens with zero attached hydrogens (tertiary/aromatic N) is 1. The number of carbonyl (C=O) groups excluding carboxylic acids is 1. The van der Waals surface area contributed by atoms with E-state index in [1.807, 2.05) is 6.92 Å². The van der Waals surface area contributed by atoms with Gasteiger partial charge >= 0.3 is 0 Å². The van der Waals surface area contributed by atoms with Gasteiger partial charge in [-0.3, -0.25) is 4.79 Å². The smallest absolute Gasteiger partial charge is 0.258 e. The van der Waals surface area contributed by atoms with Crippen LogP contribution in [0.5, 0.6) is 5.75 Å². The summed E-state index contributed by atoms with van der Waals surface area (Å²) in [6, 6.07) is 3.84. The van der Waals surface area contributed by atoms with E-state index in [4.69, 9.17) is 4.74 Å². The van der Waals surface area contributed by atoms with E-state index in [-0.39, 0.29) is 24.4 Å². The molecule has 5 nitrogen and oxygen atoms in total. The van der Waals surface area contributed by atoms with Crippen LogP contribution >= 0.6 is 15.9 Å². The first-order chi connectivity index (χ1) is 10.1. The molecule has 0 fully saturated rings. The van der Waals surface area contributed by atoms with E-state index in [0.29, 0.717) is 22.5 Å². The number of halogens is 2. The van der Waals surface area contributed by atoms with Crippen molar-refractivity contribution in [1.82, 2.24) is 15.3 Å². The van der Waals surface area contributed by atoms with Crippen molar-refractivity contribution in [3.05, 3.63) is 46.7 Å². The van der Waals surface area contributed by atoms with E-state index in [1.54, 1.807) is 12.4 Å². The quantitative estimate of drug-likeness (QED) is 0.836. The third-order valence-corrected chi connectivity index (χ3v) is 3.47. The fourth-order valence-electron chi connectivity index (χ4n) is 1.80. The highest BCUT2D eigenvalue weighted by molar-refractivity contribution is 9.10. The third kappa shape index (κ3) is 4.29. The molecular weight excluding hydrogens is 341 g/mol. The van der Waals surface area contributed by atoms with Gasteiger partial charge in [-0.25, -0.2) is 9.37 Å². The molecule has 1 unspecified atom stereocenters. The summed E-state index contributed by atoms with van der Waals surface area (Å²) in [6.45, 7) is 1.80. The van der Waals surface area contributed by atoms with E-state index in [2.05, 4.69) is 31.2 Å². The third-order valence-electron chi connectivity index (χ3n) is 2.85. The normalized spacial score (nSPS) is 12.0. The molecule has 0 aliphatic rings. The minimum Gasteiger partial charge on any atom is -0.483 e. The molecular formula is C14H15BrFN3O2. The summed E-state index contributed by atoms with van der Waals surface area (Å²) in [5.74, 6) is 0.475. The van der Waals surface area contributed by atoms with Crippen molar-refractivity contribution >= 4 is 21.8 Å². The van der Waals surface area contributed by atoms with Gasteiger partial charge in [0.1, 0.15) is 17.4 Å². The van der Waals surface area contributed by atoms with Crippen molar-refractivity contribution in [3.8, 4) is 5.75 Å². The standard InChI is InChI=1S/C14H15BrFN3O2/c1-2-11(14-17-5-6-18-14)19-13(20)8-21-12-4-3-9(16)7-10(12)15/h3-7,11H,2,8H2,1H3,(H,17,18)(H,19,20). The van der Waals surface area contributed by atoms with E-state index in [1.165, 1.54) is 18.2 Å². The summed E-state index contributed by atoms with van der Waals surface area (Å²) in [7, 11) is 0. The molecule has 2 aromatic rings. The minimum absolute atomic E-state index is 0.151. The van der Waals surface area contributed by atoms with E-state index < -0.39 is 0 Å². The van der Waals surface area contributed by atoms with Crippen LogP contribution in [0.1, 0.15) is 25.2 Å². The molecule has 0 spiro atoms. The Morgan fingerprint density at radius 3 is 3.00 bits per heavy atom. The van der Waals surface area contributed by atoms with Gasteiger partial charge in [0, 0.05) is 12.4 Å². The Balaban J connectivity index is 1.89. The number of imidazole rings is 1. The predicted molar refractivity (Wildman–Crippen MR) is 79.4 cm³/mol. The number of hydrogen-bond acceptors (Lipinski definition) is 3. The maximum atomic E-state index is 12.9. The molecule has 0 aliphatic heterocycles. The topological polar surface area (TPSA) is 67.0 Å². The van der Waals surface area contributed by atoms with Crippen molar-refractivity contribution in [3.63, 3.8) is 0 Å². The fraction of sp³-hybridized carbons (Fsp3) is 0.286. The zero-order chi connectivity index (χ0) is 15.2. The minimum atomic E-state index is -0.373. The highest BCUT2D eigenvalue weighted by atomic mass is 79.9. The molecule has 1 amide bonds. The Hall–Kier alpha value is -1.89. The lowest BCUT2D eigenvalue weighted by atomic mass is 10.2. The van der Waals surface area contributed by atoms with Crippen LogP contribution in [0.15, 0.2) is 35.1 Å². The summed E-state index contributed by atoms with van der Waals surface area (Å²) in [4.78, 5) is 19.0. The lowest BCUT2D eigenvalue weighted by Crippen LogP contribution is -2.33. The van der Waals surface area contributed by atoms with Gasteiger partial charge in [-0.2, -0.15) is 0 Å². The maximum absolute atomic E-state index is 12.9. The van der Waals surface area contributed by atoms with Gasteiger partial charge < -0.3 is 15.0 Å². The molecule has 2 rings (SSSR count). The molecule has 7 heteroatoms. The van der Waals surface area contributed by atoms with Crippen LogP contribution in [-0.4, -0.2) is 22.5 Å². The van der Waals surface area contributed by atoms with Crippen LogP contribution in [0.4, 0.5) is 4.39 Å². The Morgan fingerprint density at radius 2 is 2.38 bits per heavy atom. The van der Waals surface area contributed by atoms with Gasteiger partial charge in [-0.15, -0.1) is 0 Å². The first-order valence-corrected chi connectivity index (χ1v) is 7.26. The second-order valence-corrected chi connectivity index (χ2v) is 5.22. The number of H-pyrrole nitrogens is 1. The number of aromatic amines is 1. The lowest BCUT2D eigenvalue weighted by molar-refractivity contribution is -0.123. The average molecular weight is 356 g/mol. The van der Waals surface area contributed by atoms with Crippen molar-refractivity contribution < 1.29 is 13.9 Å². The number of amides is 1. The Bertz CT molecular complexity index is 604. The molecule has 0 bridgehead atoms. The molecule has 0 radical (unpaired) electrons. The molecule has 1 atom stereocenters. The number of rotatable bonds is 6. The summed E-state index contributed by atoms with van der Waals surface area (Å²) in [6.07, 6.45) is 4.05. The Morgan fingerprint density at radius 1 is 1.57 bits per heavy atom. The summed E-state index contributed by atoms with van der Waals surface area (Å²) in [5.41, 5.74) is 0. The van der Waals surface area contributed by atoms with Gasteiger partial charge in [0.15, 0.2) is 6.61 Å². The summed E-state index contributed by atoms with van der Waals surface area (Å²) >= 11 is 3.18. The van der Waals surface area contributed by atoms with Crippen LogP contribution in [0.25, 0.3) is 0 Å². The number of nitrogens with one attached hydrogen (secondary N) is 2. The molecule has 0 aliphatic carbocycles. The van der Waals surface area contributed by atoms with Crippen molar-refractivity contribution in [2.45, 2.75) is 19.4 Å². The van der Waals surface area contributed by atoms with Crippen LogP contribution < -0.4 is 10.1 Å². The SMILES string of the molecule is CCC(NC(=O)COc1ccc(F)cc1Br)c1ncc[nH]1. The van der Waals surface area contributed by atoms with E-state index in [9.17, 15) is 9.18 Å². The van der Waals surface area contributed by atoms with Crippen LogP contribution in [-0.2, 0) is 4.79 Å². The largest absolute Gasteiger partial charge is 0.483 e. The Kier molecular flexibility index (Phi) is 5.32. The fourth-order valence-corrected chi connectivity index (χ4v) is 2.27. The highest BCUT2D eigenvalue weighted by Crippen LogP contribution is 2.25. The second-order valence-electron chi connectivity index (χ2n) is 4.37. The molecule has 1 aromatic carbocycles. The van der Waals surface area contributed by atoms with Crippen molar-refractivity contribution in [2.75, 3.05) is 6.61 Å². The second kappa shape index (κ2) is 7.21.